The van der Waals surface area contributed by atoms with E-state index in [1.54, 1.807) is 12.3 Å². The summed E-state index contributed by atoms with van der Waals surface area (Å²) in [7, 11) is 0. The maximum Gasteiger partial charge on any atom is 0.0819 e. The lowest BCUT2D eigenvalue weighted by Gasteiger charge is -2.05. The highest BCUT2D eigenvalue weighted by Crippen LogP contribution is 2.32. The Morgan fingerprint density at radius 1 is 0.938 bits per heavy atom. The molecule has 0 spiro atoms. The normalized spacial score (nSPS) is 11.1. The summed E-state index contributed by atoms with van der Waals surface area (Å²) >= 11 is 0.273. The first-order chi connectivity index (χ1) is 7.90. The Balaban J connectivity index is 2.57. The van der Waals surface area contributed by atoms with Crippen LogP contribution in [-0.2, 0) is 0 Å². The van der Waals surface area contributed by atoms with E-state index in [1.807, 2.05) is 36.4 Å². The molecule has 0 saturated heterocycles. The molecule has 1 nitrogen and oxygen atoms in total. The Morgan fingerprint density at radius 2 is 1.75 bits per heavy atom. The molecule has 0 bridgehead atoms. The van der Waals surface area contributed by atoms with Crippen LogP contribution in [0, 0.1) is 0 Å². The minimum atomic E-state index is 0.273. The summed E-state index contributed by atoms with van der Waals surface area (Å²) in [4.78, 5) is 4.96. The molecule has 78 valence electrons. The van der Waals surface area contributed by atoms with Crippen LogP contribution in [0.2, 0.25) is 0 Å². The van der Waals surface area contributed by atoms with Crippen molar-refractivity contribution in [3.8, 4) is 0 Å². The number of pyridine rings is 1. The smallest absolute Gasteiger partial charge is 0.0819 e. The van der Waals surface area contributed by atoms with Crippen LogP contribution in [0.3, 0.4) is 0 Å². The summed E-state index contributed by atoms with van der Waals surface area (Å²) in [6.45, 7) is 0. The van der Waals surface area contributed by atoms with Crippen LogP contribution in [0.4, 0.5) is 3.89 Å². The van der Waals surface area contributed by atoms with Gasteiger partial charge in [-0.3, -0.25) is 4.98 Å². The van der Waals surface area contributed by atoms with Gasteiger partial charge in [-0.05, 0) is 17.5 Å². The molecule has 1 heterocycles. The average Bonchev–Trinajstić information content (AvgIpc) is 2.37. The molecular weight excluding hydrogens is 221 g/mol. The number of nitrogens with zero attached hydrogens (tertiary/aromatic N) is 1. The second-order valence-corrected chi connectivity index (χ2v) is 4.17. The molecule has 0 aliphatic carbocycles. The van der Waals surface area contributed by atoms with Crippen LogP contribution in [0.5, 0.6) is 0 Å². The predicted octanol–water partition coefficient (Wildman–Crippen LogP) is 4.36. The molecule has 3 heteroatoms. The number of fused-ring (bicyclic) bond motifs is 3. The highest BCUT2D eigenvalue weighted by atomic mass is 32.2. The Kier molecular flexibility index (Phi) is 2.26. The minimum Gasteiger partial charge on any atom is -0.256 e. The molecule has 0 unspecified atom stereocenters. The van der Waals surface area contributed by atoms with E-state index in [0.717, 1.165) is 21.7 Å². The SMILES string of the molecule is FSc1cccc2ccc3cccnc3c12. The van der Waals surface area contributed by atoms with Crippen molar-refractivity contribution in [2.45, 2.75) is 4.90 Å². The fraction of sp³-hybridized carbons (Fsp3) is 0. The molecule has 0 N–H and O–H groups in total. The number of aromatic nitrogens is 1. The number of rotatable bonds is 1. The Bertz CT molecular complexity index is 666. The summed E-state index contributed by atoms with van der Waals surface area (Å²) in [5, 5.41) is 2.96. The zero-order chi connectivity index (χ0) is 11.0. The van der Waals surface area contributed by atoms with Crippen LogP contribution < -0.4 is 0 Å². The van der Waals surface area contributed by atoms with E-state index in [2.05, 4.69) is 4.98 Å². The summed E-state index contributed by atoms with van der Waals surface area (Å²) < 4.78 is 12.9. The molecule has 0 radical (unpaired) electrons. The van der Waals surface area contributed by atoms with Crippen molar-refractivity contribution in [3.05, 3.63) is 48.7 Å². The van der Waals surface area contributed by atoms with Gasteiger partial charge in [-0.1, -0.05) is 30.3 Å². The van der Waals surface area contributed by atoms with E-state index in [1.165, 1.54) is 0 Å². The standard InChI is InChI=1S/C13H8FNS/c14-16-11-5-1-3-9-6-7-10-4-2-8-15-13(10)12(9)11/h1-8H. The van der Waals surface area contributed by atoms with Gasteiger partial charge in [-0.15, -0.1) is 0 Å². The molecule has 1 aromatic heterocycles. The number of hydrogen-bond acceptors (Lipinski definition) is 2. The summed E-state index contributed by atoms with van der Waals surface area (Å²) in [6.07, 6.45) is 1.74. The zero-order valence-electron chi connectivity index (χ0n) is 8.35. The van der Waals surface area contributed by atoms with Gasteiger partial charge in [0, 0.05) is 17.0 Å². The maximum atomic E-state index is 12.9. The molecule has 16 heavy (non-hydrogen) atoms. The van der Waals surface area contributed by atoms with Crippen LogP contribution in [0.25, 0.3) is 21.7 Å². The lowest BCUT2D eigenvalue weighted by molar-refractivity contribution is 0.936. The zero-order valence-corrected chi connectivity index (χ0v) is 9.17. The van der Waals surface area contributed by atoms with E-state index < -0.39 is 0 Å². The highest BCUT2D eigenvalue weighted by molar-refractivity contribution is 7.94. The number of hydrogen-bond donors (Lipinski definition) is 0. The molecule has 0 atom stereocenters. The first-order valence-corrected chi connectivity index (χ1v) is 5.67. The summed E-state index contributed by atoms with van der Waals surface area (Å²) in [5.74, 6) is 0. The predicted molar refractivity (Wildman–Crippen MR) is 66.2 cm³/mol. The quantitative estimate of drug-likeness (QED) is 0.575. The topological polar surface area (TPSA) is 12.9 Å². The van der Waals surface area contributed by atoms with Gasteiger partial charge in [0.1, 0.15) is 0 Å². The molecule has 3 rings (SSSR count). The van der Waals surface area contributed by atoms with Gasteiger partial charge in [0.05, 0.1) is 22.6 Å². The summed E-state index contributed by atoms with van der Waals surface area (Å²) in [5.41, 5.74) is 0.862. The molecule has 3 aromatic rings. The van der Waals surface area contributed by atoms with Gasteiger partial charge < -0.3 is 0 Å². The van der Waals surface area contributed by atoms with E-state index in [0.29, 0.717) is 4.90 Å². The second-order valence-electron chi connectivity index (χ2n) is 3.57. The lowest BCUT2D eigenvalue weighted by atomic mass is 10.1. The number of halogens is 1. The van der Waals surface area contributed by atoms with E-state index in [9.17, 15) is 3.89 Å². The Morgan fingerprint density at radius 3 is 2.62 bits per heavy atom. The third-order valence-electron chi connectivity index (χ3n) is 2.66. The fourth-order valence-electron chi connectivity index (χ4n) is 1.95. The molecule has 0 aliphatic heterocycles. The van der Waals surface area contributed by atoms with Crippen LogP contribution in [0.1, 0.15) is 0 Å². The third kappa shape index (κ3) is 1.36. The van der Waals surface area contributed by atoms with Crippen LogP contribution >= 0.6 is 12.1 Å². The van der Waals surface area contributed by atoms with Crippen molar-refractivity contribution in [1.82, 2.24) is 4.98 Å². The minimum absolute atomic E-state index is 0.273. The lowest BCUT2D eigenvalue weighted by Crippen LogP contribution is -1.82. The first-order valence-electron chi connectivity index (χ1n) is 4.95. The molecule has 0 fully saturated rings. The summed E-state index contributed by atoms with van der Waals surface area (Å²) in [6, 6.07) is 13.5. The third-order valence-corrected chi connectivity index (χ3v) is 3.17. The Hall–Kier alpha value is -1.61. The van der Waals surface area contributed by atoms with Crippen molar-refractivity contribution < 1.29 is 3.89 Å². The second kappa shape index (κ2) is 3.76. The molecule has 2 aromatic carbocycles. The molecule has 0 amide bonds. The Labute approximate surface area is 96.6 Å². The van der Waals surface area contributed by atoms with E-state index >= 15 is 0 Å². The maximum absolute atomic E-state index is 12.9. The van der Waals surface area contributed by atoms with Crippen LogP contribution in [-0.4, -0.2) is 4.98 Å². The largest absolute Gasteiger partial charge is 0.256 e. The van der Waals surface area contributed by atoms with Gasteiger partial charge in [-0.25, -0.2) is 0 Å². The van der Waals surface area contributed by atoms with Crippen molar-refractivity contribution in [2.75, 3.05) is 0 Å². The van der Waals surface area contributed by atoms with Gasteiger partial charge in [0.15, 0.2) is 0 Å². The van der Waals surface area contributed by atoms with Crippen molar-refractivity contribution in [2.24, 2.45) is 0 Å². The van der Waals surface area contributed by atoms with Gasteiger partial charge in [0.25, 0.3) is 0 Å². The van der Waals surface area contributed by atoms with E-state index in [4.69, 9.17) is 0 Å². The fourth-order valence-corrected chi connectivity index (χ4v) is 2.37. The van der Waals surface area contributed by atoms with Gasteiger partial charge in [0.2, 0.25) is 0 Å². The molecular formula is C13H8FNS. The number of benzene rings is 2. The van der Waals surface area contributed by atoms with Gasteiger partial charge >= 0.3 is 0 Å². The van der Waals surface area contributed by atoms with Crippen molar-refractivity contribution in [3.63, 3.8) is 0 Å². The van der Waals surface area contributed by atoms with Gasteiger partial charge in [-0.2, -0.15) is 3.89 Å². The monoisotopic (exact) mass is 229 g/mol. The van der Waals surface area contributed by atoms with Crippen molar-refractivity contribution in [1.29, 1.82) is 0 Å². The van der Waals surface area contributed by atoms with Crippen LogP contribution in [0.15, 0.2) is 53.6 Å². The van der Waals surface area contributed by atoms with Crippen molar-refractivity contribution >= 4 is 33.8 Å². The molecule has 0 aliphatic rings. The van der Waals surface area contributed by atoms with E-state index in [-0.39, 0.29) is 12.1 Å². The molecule has 0 saturated carbocycles. The highest BCUT2D eigenvalue weighted by Gasteiger charge is 2.06. The average molecular weight is 229 g/mol. The first kappa shape index (κ1) is 9.60.